The Hall–Kier alpha value is 1.15. The highest BCUT2D eigenvalue weighted by Crippen LogP contribution is 2.16. The fraction of sp³-hybridized carbons (Fsp3) is 1.00. The summed E-state index contributed by atoms with van der Waals surface area (Å²) in [6, 6.07) is 1.10. The molecular weight excluding hydrogens is 419 g/mol. The Morgan fingerprint density at radius 2 is 0.571 bits per heavy atom. The van der Waals surface area contributed by atoms with Crippen molar-refractivity contribution in [2.24, 2.45) is 0 Å². The molecule has 0 amide bonds. The first-order valence-electron chi connectivity index (χ1n) is 12.7. The van der Waals surface area contributed by atoms with E-state index in [1.54, 1.807) is 0 Å². The summed E-state index contributed by atoms with van der Waals surface area (Å²) in [4.78, 5) is 0. The van der Waals surface area contributed by atoms with E-state index in [1.807, 2.05) is 0 Å². The standard InChI is InChI=1S/C24H50Cl2SSi/c25-28(26)24-22-20-18-16-14-12-10-8-6-4-2-1-3-5-7-9-11-13-15-17-19-21-23-27/h27-28H,1-24H2. The van der Waals surface area contributed by atoms with Crippen molar-refractivity contribution >= 4 is 42.2 Å². The van der Waals surface area contributed by atoms with Crippen molar-refractivity contribution in [2.75, 3.05) is 5.75 Å². The van der Waals surface area contributed by atoms with Crippen LogP contribution in [-0.4, -0.2) is 13.2 Å². The summed E-state index contributed by atoms with van der Waals surface area (Å²) in [6.07, 6.45) is 31.4. The Labute approximate surface area is 194 Å². The van der Waals surface area contributed by atoms with Crippen molar-refractivity contribution in [3.8, 4) is 0 Å². The van der Waals surface area contributed by atoms with Crippen molar-refractivity contribution < 1.29 is 0 Å². The van der Waals surface area contributed by atoms with Gasteiger partial charge < -0.3 is 0 Å². The van der Waals surface area contributed by atoms with Crippen LogP contribution in [0.4, 0.5) is 0 Å². The summed E-state index contributed by atoms with van der Waals surface area (Å²) >= 11 is 16.0. The van der Waals surface area contributed by atoms with Gasteiger partial charge in [0.15, 0.2) is 0 Å². The molecule has 0 saturated heterocycles. The summed E-state index contributed by atoms with van der Waals surface area (Å²) in [5.41, 5.74) is 0. The minimum Gasteiger partial charge on any atom is -0.179 e. The molecular formula is C24H50Cl2SSi. The van der Waals surface area contributed by atoms with E-state index < -0.39 is 7.42 Å². The Morgan fingerprint density at radius 1 is 0.357 bits per heavy atom. The summed E-state index contributed by atoms with van der Waals surface area (Å²) in [7, 11) is -1.33. The molecule has 0 atom stereocenters. The molecule has 0 aromatic heterocycles. The molecule has 0 nitrogen and oxygen atoms in total. The van der Waals surface area contributed by atoms with Crippen LogP contribution in [0.5, 0.6) is 0 Å². The van der Waals surface area contributed by atoms with Gasteiger partial charge in [-0.25, -0.2) is 0 Å². The highest BCUT2D eigenvalue weighted by Gasteiger charge is 2.00. The van der Waals surface area contributed by atoms with Gasteiger partial charge >= 0.3 is 0 Å². The van der Waals surface area contributed by atoms with E-state index in [0.29, 0.717) is 0 Å². The molecule has 0 N–H and O–H groups in total. The fourth-order valence-electron chi connectivity index (χ4n) is 3.95. The molecule has 0 saturated carbocycles. The van der Waals surface area contributed by atoms with Gasteiger partial charge in [-0.15, -0.1) is 0 Å². The van der Waals surface area contributed by atoms with Crippen LogP contribution in [0.25, 0.3) is 0 Å². The summed E-state index contributed by atoms with van der Waals surface area (Å²) in [5.74, 6) is 1.06. The summed E-state index contributed by atoms with van der Waals surface area (Å²) in [5, 5.41) is 0. The largest absolute Gasteiger partial charge is 0.237 e. The lowest BCUT2D eigenvalue weighted by Gasteiger charge is -2.04. The topological polar surface area (TPSA) is 0 Å². The van der Waals surface area contributed by atoms with E-state index in [4.69, 9.17) is 22.2 Å². The molecule has 0 radical (unpaired) electrons. The number of hydrogen-bond acceptors (Lipinski definition) is 1. The van der Waals surface area contributed by atoms with Gasteiger partial charge in [0.2, 0.25) is 7.42 Å². The average molecular weight is 470 g/mol. The van der Waals surface area contributed by atoms with Crippen molar-refractivity contribution in [2.45, 2.75) is 147 Å². The van der Waals surface area contributed by atoms with Gasteiger partial charge in [0.25, 0.3) is 0 Å². The smallest absolute Gasteiger partial charge is 0.179 e. The lowest BCUT2D eigenvalue weighted by atomic mass is 10.0. The maximum absolute atomic E-state index is 5.88. The van der Waals surface area contributed by atoms with Crippen LogP contribution in [0, 0.1) is 0 Å². The zero-order chi connectivity index (χ0) is 20.5. The monoisotopic (exact) mass is 468 g/mol. The molecule has 0 fully saturated rings. The first kappa shape index (κ1) is 29.1. The Bertz CT molecular complexity index is 277. The molecule has 0 aliphatic rings. The lowest BCUT2D eigenvalue weighted by molar-refractivity contribution is 0.520. The van der Waals surface area contributed by atoms with Crippen molar-refractivity contribution in [3.63, 3.8) is 0 Å². The van der Waals surface area contributed by atoms with Crippen LogP contribution >= 0.6 is 34.8 Å². The Kier molecular flexibility index (Phi) is 27.3. The van der Waals surface area contributed by atoms with E-state index in [2.05, 4.69) is 12.6 Å². The number of hydrogen-bond donors (Lipinski definition) is 1. The van der Waals surface area contributed by atoms with Gasteiger partial charge in [-0.3, -0.25) is 0 Å². The second-order valence-electron chi connectivity index (χ2n) is 8.68. The molecule has 0 heterocycles. The molecule has 170 valence electrons. The Balaban J connectivity index is 2.98. The van der Waals surface area contributed by atoms with E-state index in [9.17, 15) is 0 Å². The SMILES string of the molecule is SCCCCCCCCCCCCCCCCCCCCCCCC[SiH](Cl)Cl. The van der Waals surface area contributed by atoms with E-state index >= 15 is 0 Å². The molecule has 0 bridgehead atoms. The second-order valence-corrected chi connectivity index (χ2v) is 14.3. The predicted octanol–water partition coefficient (Wildman–Crippen LogP) is 10.2. The van der Waals surface area contributed by atoms with Gasteiger partial charge in [-0.1, -0.05) is 135 Å². The van der Waals surface area contributed by atoms with Gasteiger partial charge in [0, 0.05) is 0 Å². The third-order valence-corrected chi connectivity index (χ3v) is 8.30. The summed E-state index contributed by atoms with van der Waals surface area (Å²) < 4.78 is 0. The fourth-order valence-corrected chi connectivity index (χ4v) is 5.69. The number of unbranched alkanes of at least 4 members (excludes halogenated alkanes) is 21. The normalized spacial score (nSPS) is 11.6. The third kappa shape index (κ3) is 27.1. The molecule has 0 aliphatic heterocycles. The highest BCUT2D eigenvalue weighted by atomic mass is 35.7. The number of halogens is 2. The van der Waals surface area contributed by atoms with Crippen molar-refractivity contribution in [1.82, 2.24) is 0 Å². The van der Waals surface area contributed by atoms with Gasteiger partial charge in [0.05, 0.1) is 0 Å². The minimum absolute atomic E-state index is 1.06. The maximum Gasteiger partial charge on any atom is 0.237 e. The van der Waals surface area contributed by atoms with Gasteiger partial charge in [-0.05, 0) is 18.2 Å². The molecule has 0 rings (SSSR count). The molecule has 0 unspecified atom stereocenters. The molecule has 28 heavy (non-hydrogen) atoms. The highest BCUT2D eigenvalue weighted by molar-refractivity contribution is 7.80. The van der Waals surface area contributed by atoms with Crippen LogP contribution < -0.4 is 0 Å². The molecule has 0 aromatic rings. The quantitative estimate of drug-likeness (QED) is 0.0618. The van der Waals surface area contributed by atoms with Crippen LogP contribution in [0.3, 0.4) is 0 Å². The average Bonchev–Trinajstić information content (AvgIpc) is 2.68. The second kappa shape index (κ2) is 26.2. The number of rotatable bonds is 24. The van der Waals surface area contributed by atoms with E-state index in [0.717, 1.165) is 11.8 Å². The predicted molar refractivity (Wildman–Crippen MR) is 139 cm³/mol. The Morgan fingerprint density at radius 3 is 0.786 bits per heavy atom. The van der Waals surface area contributed by atoms with Crippen molar-refractivity contribution in [1.29, 1.82) is 0 Å². The third-order valence-electron chi connectivity index (χ3n) is 5.83. The number of thiol groups is 1. The molecule has 0 aliphatic carbocycles. The summed E-state index contributed by atoms with van der Waals surface area (Å²) in [6.45, 7) is 0. The van der Waals surface area contributed by atoms with Crippen LogP contribution in [-0.2, 0) is 0 Å². The first-order chi connectivity index (χ1) is 13.8. The van der Waals surface area contributed by atoms with E-state index in [-0.39, 0.29) is 0 Å². The van der Waals surface area contributed by atoms with Crippen LogP contribution in [0.2, 0.25) is 6.04 Å². The van der Waals surface area contributed by atoms with Crippen LogP contribution in [0.1, 0.15) is 141 Å². The first-order valence-corrected chi connectivity index (χ1v) is 17.6. The lowest BCUT2D eigenvalue weighted by Crippen LogP contribution is -1.91. The van der Waals surface area contributed by atoms with Crippen molar-refractivity contribution in [3.05, 3.63) is 0 Å². The van der Waals surface area contributed by atoms with Gasteiger partial charge in [0.1, 0.15) is 0 Å². The molecule has 0 aromatic carbocycles. The maximum atomic E-state index is 5.88. The molecule has 4 heteroatoms. The molecule has 0 spiro atoms. The van der Waals surface area contributed by atoms with E-state index in [1.165, 1.54) is 141 Å². The minimum atomic E-state index is -1.33. The zero-order valence-electron chi connectivity index (χ0n) is 18.8. The zero-order valence-corrected chi connectivity index (χ0v) is 22.3. The van der Waals surface area contributed by atoms with Gasteiger partial charge in [-0.2, -0.15) is 34.8 Å². The van der Waals surface area contributed by atoms with Crippen LogP contribution in [0.15, 0.2) is 0 Å².